The third-order valence-corrected chi connectivity index (χ3v) is 6.01. The molecule has 0 fully saturated rings. The van der Waals surface area contributed by atoms with Gasteiger partial charge in [0.1, 0.15) is 5.75 Å². The second-order valence-electron chi connectivity index (χ2n) is 5.76. The number of hydrogen-bond acceptors (Lipinski definition) is 5. The maximum Gasteiger partial charge on any atom is 0.226 e. The summed E-state index contributed by atoms with van der Waals surface area (Å²) >= 11 is 9.25. The fraction of sp³-hybridized carbons (Fsp3) is 0.263. The van der Waals surface area contributed by atoms with E-state index in [9.17, 15) is 4.79 Å². The molecule has 1 amide bonds. The van der Waals surface area contributed by atoms with E-state index in [0.717, 1.165) is 33.7 Å². The first-order chi connectivity index (χ1) is 12.5. The molecule has 2 aromatic carbocycles. The lowest BCUT2D eigenvalue weighted by Crippen LogP contribution is -2.11. The number of thiazole rings is 1. The Hall–Kier alpha value is -1.76. The van der Waals surface area contributed by atoms with Gasteiger partial charge < -0.3 is 10.1 Å². The van der Waals surface area contributed by atoms with Gasteiger partial charge in [-0.25, -0.2) is 4.98 Å². The summed E-state index contributed by atoms with van der Waals surface area (Å²) in [6, 6.07) is 11.7. The first kappa shape index (κ1) is 19.0. The first-order valence-corrected chi connectivity index (χ1v) is 10.4. The molecule has 0 aliphatic heterocycles. The van der Waals surface area contributed by atoms with Crippen LogP contribution in [0.3, 0.4) is 0 Å². The maximum atomic E-state index is 12.1. The monoisotopic (exact) mass is 406 g/mol. The van der Waals surface area contributed by atoms with Gasteiger partial charge in [0.2, 0.25) is 5.91 Å². The number of amides is 1. The number of nitrogens with zero attached hydrogens (tertiary/aromatic N) is 1. The van der Waals surface area contributed by atoms with Crippen molar-refractivity contribution in [3.05, 3.63) is 47.0 Å². The number of aryl methyl sites for hydroxylation is 1. The molecular weight excluding hydrogens is 388 g/mol. The van der Waals surface area contributed by atoms with Gasteiger partial charge in [-0.05, 0) is 61.1 Å². The van der Waals surface area contributed by atoms with E-state index >= 15 is 0 Å². The molecule has 0 unspecified atom stereocenters. The van der Waals surface area contributed by atoms with Crippen molar-refractivity contribution in [3.63, 3.8) is 0 Å². The van der Waals surface area contributed by atoms with Gasteiger partial charge in [-0.3, -0.25) is 4.79 Å². The molecule has 26 heavy (non-hydrogen) atoms. The average molecular weight is 407 g/mol. The molecule has 7 heteroatoms. The number of carbonyl (C=O) groups is 1. The van der Waals surface area contributed by atoms with Crippen LogP contribution in [-0.2, 0) is 4.79 Å². The van der Waals surface area contributed by atoms with E-state index in [-0.39, 0.29) is 5.91 Å². The van der Waals surface area contributed by atoms with Crippen molar-refractivity contribution in [1.29, 1.82) is 0 Å². The third-order valence-electron chi connectivity index (χ3n) is 3.77. The molecule has 0 aliphatic rings. The van der Waals surface area contributed by atoms with Crippen molar-refractivity contribution in [2.75, 3.05) is 18.2 Å². The standard InChI is InChI=1S/C19H19ClN2O2S2/c1-12-10-13(20)11-16-18(12)22-19(26-16)21-17(23)4-3-9-25-15-7-5-14(24-2)6-8-15/h5-8,10-11H,3-4,9H2,1-2H3,(H,21,22,23). The fourth-order valence-corrected chi connectivity index (χ4v) is 4.67. The molecule has 0 radical (unpaired) electrons. The molecule has 136 valence electrons. The zero-order valence-corrected chi connectivity index (χ0v) is 16.9. The lowest BCUT2D eigenvalue weighted by Gasteiger charge is -2.04. The van der Waals surface area contributed by atoms with E-state index < -0.39 is 0 Å². The fourth-order valence-electron chi connectivity index (χ4n) is 2.48. The third kappa shape index (κ3) is 4.90. The van der Waals surface area contributed by atoms with Crippen LogP contribution in [-0.4, -0.2) is 23.8 Å². The quantitative estimate of drug-likeness (QED) is 0.399. The number of methoxy groups -OCH3 is 1. The molecule has 4 nitrogen and oxygen atoms in total. The highest BCUT2D eigenvalue weighted by Gasteiger charge is 2.10. The Kier molecular flexibility index (Phi) is 6.40. The van der Waals surface area contributed by atoms with Crippen LogP contribution >= 0.6 is 34.7 Å². The molecule has 0 saturated heterocycles. The largest absolute Gasteiger partial charge is 0.497 e. The second-order valence-corrected chi connectivity index (χ2v) is 8.40. The highest BCUT2D eigenvalue weighted by Crippen LogP contribution is 2.31. The molecule has 0 aliphatic carbocycles. The number of hydrogen-bond donors (Lipinski definition) is 1. The number of benzene rings is 2. The molecule has 1 heterocycles. The van der Waals surface area contributed by atoms with Gasteiger partial charge in [0.25, 0.3) is 0 Å². The summed E-state index contributed by atoms with van der Waals surface area (Å²) in [5.74, 6) is 1.72. The number of rotatable bonds is 7. The number of halogens is 1. The Labute approximate surface area is 165 Å². The van der Waals surface area contributed by atoms with E-state index in [2.05, 4.69) is 10.3 Å². The van der Waals surface area contributed by atoms with Crippen LogP contribution in [0.1, 0.15) is 18.4 Å². The van der Waals surface area contributed by atoms with Gasteiger partial charge >= 0.3 is 0 Å². The van der Waals surface area contributed by atoms with Crippen LogP contribution in [0.2, 0.25) is 5.02 Å². The van der Waals surface area contributed by atoms with E-state index in [1.807, 2.05) is 43.3 Å². The number of thioether (sulfide) groups is 1. The van der Waals surface area contributed by atoms with Crippen LogP contribution in [0, 0.1) is 6.92 Å². The summed E-state index contributed by atoms with van der Waals surface area (Å²) in [5.41, 5.74) is 1.91. The van der Waals surface area contributed by atoms with Crippen molar-refractivity contribution >= 4 is 56.0 Å². The zero-order valence-electron chi connectivity index (χ0n) is 14.5. The van der Waals surface area contributed by atoms with E-state index in [1.54, 1.807) is 18.9 Å². The molecule has 3 rings (SSSR count). The summed E-state index contributed by atoms with van der Waals surface area (Å²) in [6.07, 6.45) is 1.27. The normalized spacial score (nSPS) is 10.9. The van der Waals surface area contributed by atoms with E-state index in [0.29, 0.717) is 16.6 Å². The molecule has 0 bridgehead atoms. The molecule has 3 aromatic rings. The highest BCUT2D eigenvalue weighted by atomic mass is 35.5. The molecule has 1 N–H and O–H groups in total. The Morgan fingerprint density at radius 2 is 2.08 bits per heavy atom. The minimum absolute atomic E-state index is 0.0110. The van der Waals surface area contributed by atoms with Crippen molar-refractivity contribution in [2.45, 2.75) is 24.7 Å². The molecule has 1 aromatic heterocycles. The number of carbonyl (C=O) groups excluding carboxylic acids is 1. The van der Waals surface area contributed by atoms with Crippen molar-refractivity contribution in [2.24, 2.45) is 0 Å². The van der Waals surface area contributed by atoms with E-state index in [4.69, 9.17) is 16.3 Å². The van der Waals surface area contributed by atoms with Gasteiger partial charge in [0, 0.05) is 16.3 Å². The van der Waals surface area contributed by atoms with Crippen LogP contribution in [0.15, 0.2) is 41.3 Å². The molecule has 0 spiro atoms. The Balaban J connectivity index is 1.47. The number of anilines is 1. The van der Waals surface area contributed by atoms with Crippen molar-refractivity contribution < 1.29 is 9.53 Å². The van der Waals surface area contributed by atoms with Crippen molar-refractivity contribution in [3.8, 4) is 5.75 Å². The van der Waals surface area contributed by atoms with Crippen LogP contribution in [0.5, 0.6) is 5.75 Å². The molecule has 0 saturated carbocycles. The minimum atomic E-state index is -0.0110. The maximum absolute atomic E-state index is 12.1. The number of nitrogens with one attached hydrogen (secondary N) is 1. The predicted octanol–water partition coefficient (Wildman–Crippen LogP) is 5.78. The smallest absolute Gasteiger partial charge is 0.226 e. The lowest BCUT2D eigenvalue weighted by atomic mass is 10.2. The summed E-state index contributed by atoms with van der Waals surface area (Å²) in [4.78, 5) is 17.8. The Bertz CT molecular complexity index is 910. The second kappa shape index (κ2) is 8.75. The minimum Gasteiger partial charge on any atom is -0.497 e. The number of ether oxygens (including phenoxy) is 1. The summed E-state index contributed by atoms with van der Waals surface area (Å²) in [6.45, 7) is 1.97. The lowest BCUT2D eigenvalue weighted by molar-refractivity contribution is -0.116. The first-order valence-electron chi connectivity index (χ1n) is 8.18. The van der Waals surface area contributed by atoms with Gasteiger partial charge in [0.05, 0.1) is 17.3 Å². The van der Waals surface area contributed by atoms with Gasteiger partial charge in [-0.2, -0.15) is 0 Å². The predicted molar refractivity (Wildman–Crippen MR) is 111 cm³/mol. The Morgan fingerprint density at radius 1 is 1.31 bits per heavy atom. The molecule has 0 atom stereocenters. The highest BCUT2D eigenvalue weighted by molar-refractivity contribution is 7.99. The van der Waals surface area contributed by atoms with Crippen LogP contribution < -0.4 is 10.1 Å². The SMILES string of the molecule is COc1ccc(SCCCC(=O)Nc2nc3c(C)cc(Cl)cc3s2)cc1. The topological polar surface area (TPSA) is 51.2 Å². The zero-order chi connectivity index (χ0) is 18.5. The Morgan fingerprint density at radius 3 is 2.81 bits per heavy atom. The van der Waals surface area contributed by atoms with Crippen molar-refractivity contribution in [1.82, 2.24) is 4.98 Å². The van der Waals surface area contributed by atoms with Crippen LogP contribution in [0.25, 0.3) is 10.2 Å². The number of aromatic nitrogens is 1. The average Bonchev–Trinajstić information content (AvgIpc) is 3.02. The molecular formula is C19H19ClN2O2S2. The van der Waals surface area contributed by atoms with Crippen LogP contribution in [0.4, 0.5) is 5.13 Å². The number of fused-ring (bicyclic) bond motifs is 1. The van der Waals surface area contributed by atoms with Gasteiger partial charge in [-0.15, -0.1) is 11.8 Å². The summed E-state index contributed by atoms with van der Waals surface area (Å²) in [7, 11) is 1.65. The summed E-state index contributed by atoms with van der Waals surface area (Å²) in [5, 5.41) is 4.20. The van der Waals surface area contributed by atoms with Gasteiger partial charge in [0.15, 0.2) is 5.13 Å². The summed E-state index contributed by atoms with van der Waals surface area (Å²) < 4.78 is 6.13. The van der Waals surface area contributed by atoms with Gasteiger partial charge in [-0.1, -0.05) is 22.9 Å². The van der Waals surface area contributed by atoms with E-state index in [1.165, 1.54) is 16.2 Å².